The maximum atomic E-state index is 11.2. The molecule has 5 heteroatoms. The van der Waals surface area contributed by atoms with Crippen LogP contribution in [0.1, 0.15) is 11.3 Å². The lowest BCUT2D eigenvalue weighted by Gasteiger charge is -1.92. The monoisotopic (exact) mass is 217 g/mol. The molecular weight excluding hydrogens is 206 g/mol. The van der Waals surface area contributed by atoms with E-state index in [0.29, 0.717) is 5.69 Å². The normalized spacial score (nSPS) is 11.1. The first-order valence-electron chi connectivity index (χ1n) is 4.84. The molecule has 16 heavy (non-hydrogen) atoms. The fourth-order valence-electron chi connectivity index (χ4n) is 1.28. The Hall–Kier alpha value is -2.17. The number of benzene rings is 1. The van der Waals surface area contributed by atoms with E-state index in [9.17, 15) is 5.11 Å². The van der Waals surface area contributed by atoms with Crippen LogP contribution in [0, 0.1) is 0 Å². The molecule has 0 atom stereocenters. The molecule has 1 aromatic carbocycles. The van der Waals surface area contributed by atoms with E-state index in [-0.39, 0.29) is 6.54 Å². The van der Waals surface area contributed by atoms with Gasteiger partial charge in [0, 0.05) is 6.21 Å². The average Bonchev–Trinajstić information content (AvgIpc) is 2.62. The van der Waals surface area contributed by atoms with Crippen LogP contribution >= 0.6 is 0 Å². The van der Waals surface area contributed by atoms with Crippen molar-refractivity contribution in [1.29, 1.82) is 0 Å². The topological polar surface area (TPSA) is 65.3 Å². The van der Waals surface area contributed by atoms with Gasteiger partial charge in [-0.05, 0) is 5.56 Å². The van der Waals surface area contributed by atoms with E-state index >= 15 is 0 Å². The molecule has 0 fully saturated rings. The third-order valence-corrected chi connectivity index (χ3v) is 2.15. The first-order chi connectivity index (χ1) is 7.77. The van der Waals surface area contributed by atoms with Crippen LogP contribution in [-0.2, 0) is 13.6 Å². The predicted molar refractivity (Wildman–Crippen MR) is 54.9 cm³/mol. The lowest BCUT2D eigenvalue weighted by molar-refractivity contribution is -0.746. The zero-order valence-corrected chi connectivity index (χ0v) is 8.83. The number of hydrogen-bond acceptors (Lipinski definition) is 4. The molecule has 0 bridgehead atoms. The number of aryl methyl sites for hydroxylation is 1. The number of nitrogens with zero attached hydrogens (tertiary/aromatic N) is 3. The molecule has 0 N–H and O–H groups in total. The van der Waals surface area contributed by atoms with Crippen LogP contribution in [0.3, 0.4) is 0 Å². The Bertz CT molecular complexity index is 472. The SMILES string of the molecule is C[n+]1noc([O-])c1CN=Cc1ccccc1. The highest BCUT2D eigenvalue weighted by atomic mass is 16.6. The van der Waals surface area contributed by atoms with Gasteiger partial charge in [-0.15, -0.1) is 0 Å². The Morgan fingerprint density at radius 1 is 1.44 bits per heavy atom. The third kappa shape index (κ3) is 2.25. The lowest BCUT2D eigenvalue weighted by Crippen LogP contribution is -2.34. The minimum absolute atomic E-state index is 0.272. The molecule has 0 aliphatic heterocycles. The molecule has 0 saturated heterocycles. The Labute approximate surface area is 92.6 Å². The standard InChI is InChI=1S/C11H11N3O2/c1-14-10(11(15)16-13-14)8-12-7-9-5-3-2-4-6-9/h2-7H,8H2,1H3. The quantitative estimate of drug-likeness (QED) is 0.544. The number of aromatic nitrogens is 2. The zero-order valence-electron chi connectivity index (χ0n) is 8.83. The summed E-state index contributed by atoms with van der Waals surface area (Å²) in [7, 11) is 1.65. The van der Waals surface area contributed by atoms with E-state index in [4.69, 9.17) is 0 Å². The van der Waals surface area contributed by atoms with Crippen molar-refractivity contribution in [3.8, 4) is 5.95 Å². The van der Waals surface area contributed by atoms with Gasteiger partial charge in [0.05, 0.1) is 5.27 Å². The van der Waals surface area contributed by atoms with Crippen molar-refractivity contribution in [2.24, 2.45) is 12.0 Å². The summed E-state index contributed by atoms with van der Waals surface area (Å²) in [5, 5.41) is 14.7. The van der Waals surface area contributed by atoms with Gasteiger partial charge in [-0.1, -0.05) is 35.0 Å². The van der Waals surface area contributed by atoms with Crippen LogP contribution in [0.5, 0.6) is 5.95 Å². The Morgan fingerprint density at radius 3 is 2.81 bits per heavy atom. The molecule has 0 spiro atoms. The van der Waals surface area contributed by atoms with E-state index in [1.165, 1.54) is 4.68 Å². The van der Waals surface area contributed by atoms with Gasteiger partial charge in [0.15, 0.2) is 13.0 Å². The molecule has 0 amide bonds. The highest BCUT2D eigenvalue weighted by Gasteiger charge is 2.10. The van der Waals surface area contributed by atoms with Crippen molar-refractivity contribution in [3.63, 3.8) is 0 Å². The minimum atomic E-state index is -0.437. The maximum Gasteiger partial charge on any atom is 0.254 e. The highest BCUT2D eigenvalue weighted by Crippen LogP contribution is 2.07. The average molecular weight is 217 g/mol. The van der Waals surface area contributed by atoms with E-state index < -0.39 is 5.95 Å². The third-order valence-electron chi connectivity index (χ3n) is 2.15. The Morgan fingerprint density at radius 2 is 2.19 bits per heavy atom. The zero-order chi connectivity index (χ0) is 11.4. The molecular formula is C11H11N3O2. The molecule has 2 aromatic rings. The fraction of sp³-hybridized carbons (Fsp3) is 0.182. The summed E-state index contributed by atoms with van der Waals surface area (Å²) in [6.07, 6.45) is 1.71. The number of rotatable bonds is 3. The number of aliphatic imine (C=N–C) groups is 1. The van der Waals surface area contributed by atoms with Crippen molar-refractivity contribution in [3.05, 3.63) is 41.6 Å². The fourth-order valence-corrected chi connectivity index (χ4v) is 1.28. The van der Waals surface area contributed by atoms with Gasteiger partial charge < -0.3 is 9.63 Å². The molecule has 0 unspecified atom stereocenters. The first-order valence-corrected chi connectivity index (χ1v) is 4.84. The van der Waals surface area contributed by atoms with Crippen LogP contribution in [-0.4, -0.2) is 11.5 Å². The molecule has 5 nitrogen and oxygen atoms in total. The highest BCUT2D eigenvalue weighted by molar-refractivity contribution is 5.79. The summed E-state index contributed by atoms with van der Waals surface area (Å²) in [6, 6.07) is 9.68. The molecule has 0 aliphatic rings. The van der Waals surface area contributed by atoms with Gasteiger partial charge >= 0.3 is 0 Å². The van der Waals surface area contributed by atoms with Crippen molar-refractivity contribution < 1.29 is 14.3 Å². The summed E-state index contributed by atoms with van der Waals surface area (Å²) in [5.74, 6) is -0.437. The van der Waals surface area contributed by atoms with E-state index in [1.54, 1.807) is 13.3 Å². The van der Waals surface area contributed by atoms with Gasteiger partial charge in [-0.2, -0.15) is 0 Å². The minimum Gasteiger partial charge on any atom is -0.539 e. The van der Waals surface area contributed by atoms with Crippen molar-refractivity contribution in [1.82, 2.24) is 5.27 Å². The van der Waals surface area contributed by atoms with Crippen LogP contribution in [0.15, 0.2) is 39.8 Å². The van der Waals surface area contributed by atoms with Gasteiger partial charge in [0.25, 0.3) is 5.69 Å². The summed E-state index contributed by atoms with van der Waals surface area (Å²) >= 11 is 0. The molecule has 0 saturated carbocycles. The summed E-state index contributed by atoms with van der Waals surface area (Å²) in [6.45, 7) is 0.272. The summed E-state index contributed by atoms with van der Waals surface area (Å²) in [4.78, 5) is 4.16. The van der Waals surface area contributed by atoms with E-state index in [1.807, 2.05) is 30.3 Å². The van der Waals surface area contributed by atoms with Crippen LogP contribution in [0.25, 0.3) is 0 Å². The largest absolute Gasteiger partial charge is 0.539 e. The molecule has 0 aliphatic carbocycles. The summed E-state index contributed by atoms with van der Waals surface area (Å²) in [5.41, 5.74) is 1.43. The van der Waals surface area contributed by atoms with Crippen molar-refractivity contribution in [2.45, 2.75) is 6.54 Å². The summed E-state index contributed by atoms with van der Waals surface area (Å²) < 4.78 is 5.88. The smallest absolute Gasteiger partial charge is 0.254 e. The van der Waals surface area contributed by atoms with Crippen molar-refractivity contribution in [2.75, 3.05) is 0 Å². The molecule has 1 heterocycles. The molecule has 0 radical (unpaired) electrons. The second kappa shape index (κ2) is 4.57. The molecule has 2 rings (SSSR count). The number of hydrogen-bond donors (Lipinski definition) is 0. The Balaban J connectivity index is 2.06. The van der Waals surface area contributed by atoms with Gasteiger partial charge in [0.2, 0.25) is 0 Å². The maximum absolute atomic E-state index is 11.2. The van der Waals surface area contributed by atoms with Gasteiger partial charge in [-0.25, -0.2) is 0 Å². The second-order valence-corrected chi connectivity index (χ2v) is 3.31. The Kier molecular flexibility index (Phi) is 2.95. The molecule has 1 aromatic heterocycles. The second-order valence-electron chi connectivity index (χ2n) is 3.31. The molecule has 82 valence electrons. The van der Waals surface area contributed by atoms with Gasteiger partial charge in [0.1, 0.15) is 6.54 Å². The van der Waals surface area contributed by atoms with E-state index in [2.05, 4.69) is 14.8 Å². The lowest BCUT2D eigenvalue weighted by atomic mass is 10.2. The van der Waals surface area contributed by atoms with Crippen LogP contribution in [0.4, 0.5) is 0 Å². The van der Waals surface area contributed by atoms with Crippen molar-refractivity contribution >= 4 is 6.21 Å². The van der Waals surface area contributed by atoms with Gasteiger partial charge in [-0.3, -0.25) is 4.99 Å². The van der Waals surface area contributed by atoms with Crippen LogP contribution < -0.4 is 9.79 Å². The van der Waals surface area contributed by atoms with Crippen LogP contribution in [0.2, 0.25) is 0 Å². The first kappa shape index (κ1) is 10.4. The van der Waals surface area contributed by atoms with E-state index in [0.717, 1.165) is 5.56 Å². The predicted octanol–water partition coefficient (Wildman–Crippen LogP) is 0.192.